The molecule has 1 heterocycles. The Hall–Kier alpha value is -8.07. The maximum atomic E-state index is 4.93. The number of hydrogen-bond acceptors (Lipinski definition) is 2. The summed E-state index contributed by atoms with van der Waals surface area (Å²) >= 11 is 0. The molecule has 11 aromatic carbocycles. The number of nitrogens with zero attached hydrogens (tertiary/aromatic N) is 2. The second-order valence-electron chi connectivity index (χ2n) is 15.9. The van der Waals surface area contributed by atoms with Crippen molar-refractivity contribution >= 4 is 81.8 Å². The quantitative estimate of drug-likeness (QED) is 0.124. The molecule has 1 aromatic heterocycles. The van der Waals surface area contributed by atoms with Crippen LogP contribution in [-0.2, 0) is 0 Å². The van der Waals surface area contributed by atoms with Gasteiger partial charge in [0.1, 0.15) is 0 Å². The van der Waals surface area contributed by atoms with E-state index < -0.39 is 0 Å². The third kappa shape index (κ3) is 5.92. The summed E-state index contributed by atoms with van der Waals surface area (Å²) in [7, 11) is 0. The molecule has 2 nitrogen and oxygen atoms in total. The summed E-state index contributed by atoms with van der Waals surface area (Å²) in [6, 6.07) is 82.1. The molecule has 2 heteroatoms. The lowest BCUT2D eigenvalue weighted by Gasteiger charge is -2.27. The van der Waals surface area contributed by atoms with Gasteiger partial charge in [-0.05, 0) is 149 Å². The molecular weight excluding hydrogens is 737 g/mol. The number of rotatable bonds is 6. The SMILES string of the molecule is c1ccc(N(c2ccccc2)c2ccc3c(-c4ccc5ccccc5c4)c4cc(-c5cc6ccccc6c6ncccc56)ccc4c(-c4ccc5ccccc5c4)c3c2)cc1. The van der Waals surface area contributed by atoms with Crippen molar-refractivity contribution in [1.82, 2.24) is 4.98 Å². The van der Waals surface area contributed by atoms with Gasteiger partial charge in [0.05, 0.1) is 5.52 Å². The normalized spacial score (nSPS) is 11.6. The van der Waals surface area contributed by atoms with Gasteiger partial charge in [-0.15, -0.1) is 0 Å². The molecular formula is C59H38N2. The van der Waals surface area contributed by atoms with Crippen LogP contribution in [-0.4, -0.2) is 4.98 Å². The predicted molar refractivity (Wildman–Crippen MR) is 260 cm³/mol. The summed E-state index contributed by atoms with van der Waals surface area (Å²) in [5.74, 6) is 0. The molecule has 0 saturated heterocycles. The van der Waals surface area contributed by atoms with Crippen LogP contribution in [0.1, 0.15) is 0 Å². The zero-order chi connectivity index (χ0) is 40.3. The van der Waals surface area contributed by atoms with Gasteiger partial charge < -0.3 is 4.90 Å². The van der Waals surface area contributed by atoms with Crippen LogP contribution in [0.5, 0.6) is 0 Å². The van der Waals surface area contributed by atoms with Crippen molar-refractivity contribution in [3.8, 4) is 33.4 Å². The zero-order valence-corrected chi connectivity index (χ0v) is 33.3. The van der Waals surface area contributed by atoms with Crippen molar-refractivity contribution in [3.63, 3.8) is 0 Å². The summed E-state index contributed by atoms with van der Waals surface area (Å²) < 4.78 is 0. The molecule has 0 radical (unpaired) electrons. The minimum Gasteiger partial charge on any atom is -0.310 e. The van der Waals surface area contributed by atoms with Crippen molar-refractivity contribution in [3.05, 3.63) is 231 Å². The van der Waals surface area contributed by atoms with Gasteiger partial charge in [0.25, 0.3) is 0 Å². The zero-order valence-electron chi connectivity index (χ0n) is 33.3. The maximum absolute atomic E-state index is 4.93. The molecule has 0 bridgehead atoms. The van der Waals surface area contributed by atoms with Crippen LogP contribution in [0, 0.1) is 0 Å². The van der Waals surface area contributed by atoms with Gasteiger partial charge in [0.15, 0.2) is 0 Å². The van der Waals surface area contributed by atoms with Gasteiger partial charge in [-0.3, -0.25) is 4.98 Å². The third-order valence-corrected chi connectivity index (χ3v) is 12.4. The number of benzene rings is 11. The van der Waals surface area contributed by atoms with Gasteiger partial charge in [-0.25, -0.2) is 0 Å². The molecule has 0 spiro atoms. The monoisotopic (exact) mass is 774 g/mol. The Morgan fingerprint density at radius 1 is 0.279 bits per heavy atom. The Morgan fingerprint density at radius 3 is 1.43 bits per heavy atom. The number of anilines is 3. The Balaban J connectivity index is 1.22. The first-order valence-corrected chi connectivity index (χ1v) is 20.9. The van der Waals surface area contributed by atoms with Gasteiger partial charge in [-0.1, -0.05) is 158 Å². The third-order valence-electron chi connectivity index (χ3n) is 12.4. The highest BCUT2D eigenvalue weighted by Crippen LogP contribution is 2.48. The van der Waals surface area contributed by atoms with Crippen molar-refractivity contribution in [2.45, 2.75) is 0 Å². The fourth-order valence-corrected chi connectivity index (χ4v) is 9.58. The molecule has 0 aliphatic carbocycles. The lowest BCUT2D eigenvalue weighted by Crippen LogP contribution is -2.09. The Bertz CT molecular complexity index is 3610. The Morgan fingerprint density at radius 2 is 0.787 bits per heavy atom. The number of pyridine rings is 1. The summed E-state index contributed by atoms with van der Waals surface area (Å²) in [6.45, 7) is 0. The van der Waals surface area contributed by atoms with E-state index in [0.717, 1.165) is 33.5 Å². The van der Waals surface area contributed by atoms with Gasteiger partial charge in [0.2, 0.25) is 0 Å². The second-order valence-corrected chi connectivity index (χ2v) is 15.9. The molecule has 0 unspecified atom stereocenters. The molecule has 0 aliphatic heterocycles. The number of aromatic nitrogens is 1. The van der Waals surface area contributed by atoms with Crippen LogP contribution < -0.4 is 4.90 Å². The fourth-order valence-electron chi connectivity index (χ4n) is 9.58. The molecule has 0 N–H and O–H groups in total. The second kappa shape index (κ2) is 14.3. The standard InChI is InChI=1S/C59H38N2/c1-3-19-47(20-4-1)61(48-21-5-2-6-22-48)49-30-32-52-56(38-49)58(46-28-26-40-15-8-10-17-42(40)35-46)51-31-29-44(37-55(51)57(52)45-27-25-39-14-7-9-16-41(39)34-45)54-36-43-18-11-12-23-50(43)59-53(54)24-13-33-60-59/h1-38H. The topological polar surface area (TPSA) is 16.1 Å². The van der Waals surface area contributed by atoms with Crippen LogP contribution in [0.25, 0.3) is 98.1 Å². The molecule has 61 heavy (non-hydrogen) atoms. The van der Waals surface area contributed by atoms with Gasteiger partial charge in [-0.2, -0.15) is 0 Å². The van der Waals surface area contributed by atoms with Gasteiger partial charge in [0, 0.05) is 34.0 Å². The van der Waals surface area contributed by atoms with Gasteiger partial charge >= 0.3 is 0 Å². The fraction of sp³-hybridized carbons (Fsp3) is 0. The summed E-state index contributed by atoms with van der Waals surface area (Å²) in [5.41, 5.74) is 11.5. The Labute approximate surface area is 354 Å². The van der Waals surface area contributed by atoms with Crippen LogP contribution in [0.15, 0.2) is 231 Å². The molecule has 0 amide bonds. The average Bonchev–Trinajstić information content (AvgIpc) is 3.33. The molecule has 0 saturated carbocycles. The van der Waals surface area contributed by atoms with E-state index in [2.05, 4.69) is 229 Å². The number of para-hydroxylation sites is 2. The van der Waals surface area contributed by atoms with E-state index in [0.29, 0.717) is 0 Å². The van der Waals surface area contributed by atoms with Crippen molar-refractivity contribution in [1.29, 1.82) is 0 Å². The molecule has 12 rings (SSSR count). The highest BCUT2D eigenvalue weighted by atomic mass is 15.1. The smallest absolute Gasteiger partial charge is 0.0786 e. The summed E-state index contributed by atoms with van der Waals surface area (Å²) in [5, 5.41) is 13.2. The minimum atomic E-state index is 1.02. The number of fused-ring (bicyclic) bond motifs is 7. The minimum absolute atomic E-state index is 1.02. The first-order valence-electron chi connectivity index (χ1n) is 20.9. The first-order chi connectivity index (χ1) is 30.2. The first kappa shape index (κ1) is 34.9. The van der Waals surface area contributed by atoms with Crippen molar-refractivity contribution in [2.75, 3.05) is 4.90 Å². The predicted octanol–water partition coefficient (Wildman–Crippen LogP) is 16.5. The Kier molecular flexibility index (Phi) is 8.21. The number of hydrogen-bond donors (Lipinski definition) is 0. The van der Waals surface area contributed by atoms with E-state index in [4.69, 9.17) is 4.98 Å². The lowest BCUT2D eigenvalue weighted by molar-refractivity contribution is 1.29. The molecule has 0 aliphatic rings. The van der Waals surface area contributed by atoms with E-state index in [9.17, 15) is 0 Å². The van der Waals surface area contributed by atoms with Crippen LogP contribution in [0.2, 0.25) is 0 Å². The van der Waals surface area contributed by atoms with Crippen LogP contribution in [0.3, 0.4) is 0 Å². The summed E-state index contributed by atoms with van der Waals surface area (Å²) in [6.07, 6.45) is 1.91. The van der Waals surface area contributed by atoms with Crippen LogP contribution >= 0.6 is 0 Å². The largest absolute Gasteiger partial charge is 0.310 e. The van der Waals surface area contributed by atoms with E-state index in [1.807, 2.05) is 6.20 Å². The van der Waals surface area contributed by atoms with Crippen molar-refractivity contribution in [2.24, 2.45) is 0 Å². The van der Waals surface area contributed by atoms with E-state index in [1.165, 1.54) is 81.7 Å². The molecule has 0 atom stereocenters. The van der Waals surface area contributed by atoms with Crippen molar-refractivity contribution < 1.29 is 0 Å². The van der Waals surface area contributed by atoms with E-state index >= 15 is 0 Å². The summed E-state index contributed by atoms with van der Waals surface area (Å²) in [4.78, 5) is 7.30. The maximum Gasteiger partial charge on any atom is 0.0786 e. The highest BCUT2D eigenvalue weighted by molar-refractivity contribution is 6.24. The van der Waals surface area contributed by atoms with E-state index in [-0.39, 0.29) is 0 Å². The average molecular weight is 775 g/mol. The highest BCUT2D eigenvalue weighted by Gasteiger charge is 2.22. The molecule has 12 aromatic rings. The molecule has 0 fully saturated rings. The molecule has 284 valence electrons. The lowest BCUT2D eigenvalue weighted by atomic mass is 9.83. The van der Waals surface area contributed by atoms with Crippen LogP contribution in [0.4, 0.5) is 17.1 Å². The van der Waals surface area contributed by atoms with E-state index in [1.54, 1.807) is 0 Å².